The third kappa shape index (κ3) is 2.75. The van der Waals surface area contributed by atoms with E-state index in [0.29, 0.717) is 6.67 Å². The first-order chi connectivity index (χ1) is 10.1. The van der Waals surface area contributed by atoms with Gasteiger partial charge in [-0.1, -0.05) is 0 Å². The first-order valence-corrected chi connectivity index (χ1v) is 6.51. The lowest BCUT2D eigenvalue weighted by Crippen LogP contribution is -2.46. The smallest absolute Gasteiger partial charge is 0.218 e. The van der Waals surface area contributed by atoms with E-state index in [1.54, 1.807) is 11.3 Å². The Morgan fingerprint density at radius 3 is 2.95 bits per heavy atom. The largest absolute Gasteiger partial charge is 0.394 e. The fourth-order valence-electron chi connectivity index (χ4n) is 2.40. The van der Waals surface area contributed by atoms with Crippen molar-refractivity contribution in [1.29, 1.82) is 0 Å². The molecule has 0 spiro atoms. The summed E-state index contributed by atoms with van der Waals surface area (Å²) in [6.07, 6.45) is 0.983. The first kappa shape index (κ1) is 14.3. The second kappa shape index (κ2) is 5.64. The Labute approximate surface area is 120 Å². The highest BCUT2D eigenvalue weighted by Gasteiger charge is 2.46. The number of hydrogen-bond donors (Lipinski definition) is 2. The predicted octanol–water partition coefficient (Wildman–Crippen LogP) is 0.331. The monoisotopic (exact) mass is 299 g/mol. The van der Waals surface area contributed by atoms with Crippen LogP contribution in [0.15, 0.2) is 23.2 Å². The van der Waals surface area contributed by atoms with E-state index in [9.17, 15) is 13.9 Å². The Bertz CT molecular complexity index is 557. The fraction of sp³-hybridized carbons (Fsp3) is 0.462. The standard InChI is InChI=1S/C13H15F2N3O3/c14-9-1-2-11(12(15)3-9)13(6-18-8-16-7-17-18)20-5-10(4-19)21-13/h1-3,8,10,17,19H,4-7H2. The number of benzene rings is 1. The van der Waals surface area contributed by atoms with Crippen LogP contribution in [-0.2, 0) is 15.3 Å². The molecule has 2 aliphatic heterocycles. The van der Waals surface area contributed by atoms with Crippen LogP contribution >= 0.6 is 0 Å². The molecule has 21 heavy (non-hydrogen) atoms. The van der Waals surface area contributed by atoms with E-state index in [1.807, 2.05) is 0 Å². The van der Waals surface area contributed by atoms with E-state index in [4.69, 9.17) is 9.47 Å². The number of aliphatic hydroxyl groups is 1. The number of aliphatic hydroxyl groups excluding tert-OH is 1. The van der Waals surface area contributed by atoms with Gasteiger partial charge < -0.3 is 14.6 Å². The summed E-state index contributed by atoms with van der Waals surface area (Å²) in [4.78, 5) is 3.98. The van der Waals surface area contributed by atoms with Crippen LogP contribution in [0.1, 0.15) is 5.56 Å². The summed E-state index contributed by atoms with van der Waals surface area (Å²) < 4.78 is 38.5. The van der Waals surface area contributed by atoms with Crippen molar-refractivity contribution in [2.75, 3.05) is 26.4 Å². The molecule has 0 amide bonds. The van der Waals surface area contributed by atoms with Crippen LogP contribution in [0.25, 0.3) is 0 Å². The Kier molecular flexibility index (Phi) is 3.85. The molecule has 0 aliphatic carbocycles. The lowest BCUT2D eigenvalue weighted by Gasteiger charge is -2.32. The molecule has 2 unspecified atom stereocenters. The van der Waals surface area contributed by atoms with Gasteiger partial charge in [0.15, 0.2) is 0 Å². The van der Waals surface area contributed by atoms with Crippen molar-refractivity contribution in [3.8, 4) is 0 Å². The number of ether oxygens (including phenoxy) is 2. The lowest BCUT2D eigenvalue weighted by atomic mass is 10.0. The normalized spacial score (nSPS) is 28.5. The van der Waals surface area contributed by atoms with E-state index in [2.05, 4.69) is 10.4 Å². The highest BCUT2D eigenvalue weighted by Crippen LogP contribution is 2.36. The molecule has 0 bridgehead atoms. The third-order valence-corrected chi connectivity index (χ3v) is 3.37. The van der Waals surface area contributed by atoms with Crippen LogP contribution in [0.3, 0.4) is 0 Å². The molecule has 0 radical (unpaired) electrons. The topological polar surface area (TPSA) is 66.3 Å². The van der Waals surface area contributed by atoms with Crippen LogP contribution in [0.5, 0.6) is 0 Å². The Balaban J connectivity index is 1.93. The molecule has 2 aliphatic rings. The quantitative estimate of drug-likeness (QED) is 0.839. The van der Waals surface area contributed by atoms with Crippen LogP contribution in [0.4, 0.5) is 8.78 Å². The van der Waals surface area contributed by atoms with Gasteiger partial charge in [-0.3, -0.25) is 10.0 Å². The number of nitrogens with zero attached hydrogens (tertiary/aromatic N) is 2. The molecule has 6 nitrogen and oxygen atoms in total. The van der Waals surface area contributed by atoms with Crippen molar-refractivity contribution in [2.45, 2.75) is 11.9 Å². The fourth-order valence-corrected chi connectivity index (χ4v) is 2.40. The van der Waals surface area contributed by atoms with Crippen LogP contribution in [-0.4, -0.2) is 49.0 Å². The highest BCUT2D eigenvalue weighted by molar-refractivity contribution is 5.56. The van der Waals surface area contributed by atoms with Crippen molar-refractivity contribution in [3.63, 3.8) is 0 Å². The van der Waals surface area contributed by atoms with Gasteiger partial charge in [0.2, 0.25) is 5.79 Å². The molecular formula is C13H15F2N3O3. The Morgan fingerprint density at radius 1 is 1.48 bits per heavy atom. The number of halogens is 2. The second-order valence-corrected chi connectivity index (χ2v) is 4.85. The molecule has 1 aromatic rings. The summed E-state index contributed by atoms with van der Waals surface area (Å²) >= 11 is 0. The van der Waals surface area contributed by atoms with Gasteiger partial charge in [-0.15, -0.1) is 0 Å². The Hall–Kier alpha value is -1.61. The zero-order chi connectivity index (χ0) is 14.9. The maximum absolute atomic E-state index is 14.1. The molecule has 1 fully saturated rings. The molecular weight excluding hydrogens is 284 g/mol. The van der Waals surface area contributed by atoms with Gasteiger partial charge in [0, 0.05) is 11.6 Å². The third-order valence-electron chi connectivity index (χ3n) is 3.37. The summed E-state index contributed by atoms with van der Waals surface area (Å²) in [5.74, 6) is -2.86. The van der Waals surface area contributed by atoms with E-state index in [1.165, 1.54) is 6.07 Å². The average Bonchev–Trinajstić information content (AvgIpc) is 3.09. The minimum atomic E-state index is -1.42. The number of hydrazine groups is 1. The second-order valence-electron chi connectivity index (χ2n) is 4.85. The van der Waals surface area contributed by atoms with E-state index in [0.717, 1.165) is 12.1 Å². The maximum atomic E-state index is 14.1. The number of hydrogen-bond acceptors (Lipinski definition) is 6. The Morgan fingerprint density at radius 2 is 2.33 bits per heavy atom. The first-order valence-electron chi connectivity index (χ1n) is 6.51. The molecule has 3 rings (SSSR count). The summed E-state index contributed by atoms with van der Waals surface area (Å²) in [6, 6.07) is 3.21. The number of rotatable bonds is 4. The van der Waals surface area contributed by atoms with Crippen LogP contribution in [0.2, 0.25) is 0 Å². The van der Waals surface area contributed by atoms with E-state index in [-0.39, 0.29) is 25.3 Å². The zero-order valence-electron chi connectivity index (χ0n) is 11.1. The SMILES string of the molecule is OCC1COC(CN2C=NCN2)(c2ccc(F)cc2F)O1. The van der Waals surface area contributed by atoms with Crippen LogP contribution < -0.4 is 5.43 Å². The summed E-state index contributed by atoms with van der Waals surface area (Å²) in [5, 5.41) is 10.8. The van der Waals surface area contributed by atoms with Crippen molar-refractivity contribution >= 4 is 6.34 Å². The van der Waals surface area contributed by atoms with Gasteiger partial charge in [0.1, 0.15) is 30.7 Å². The molecule has 0 aromatic heterocycles. The van der Waals surface area contributed by atoms with Gasteiger partial charge in [-0.05, 0) is 12.1 Å². The molecule has 1 saturated heterocycles. The lowest BCUT2D eigenvalue weighted by molar-refractivity contribution is -0.190. The maximum Gasteiger partial charge on any atom is 0.218 e. The predicted molar refractivity (Wildman–Crippen MR) is 69.1 cm³/mol. The van der Waals surface area contributed by atoms with Crippen molar-refractivity contribution < 1.29 is 23.4 Å². The van der Waals surface area contributed by atoms with Gasteiger partial charge in [-0.25, -0.2) is 14.2 Å². The average molecular weight is 299 g/mol. The molecule has 8 heteroatoms. The molecule has 0 saturated carbocycles. The van der Waals surface area contributed by atoms with Crippen molar-refractivity contribution in [1.82, 2.24) is 10.4 Å². The van der Waals surface area contributed by atoms with Crippen molar-refractivity contribution in [2.24, 2.45) is 4.99 Å². The summed E-state index contributed by atoms with van der Waals surface area (Å²) in [5.41, 5.74) is 3.02. The van der Waals surface area contributed by atoms with E-state index >= 15 is 0 Å². The molecule has 2 N–H and O–H groups in total. The molecule has 2 heterocycles. The number of nitrogens with one attached hydrogen (secondary N) is 1. The summed E-state index contributed by atoms with van der Waals surface area (Å²) in [7, 11) is 0. The minimum absolute atomic E-state index is 0.0851. The highest BCUT2D eigenvalue weighted by atomic mass is 19.1. The van der Waals surface area contributed by atoms with Gasteiger partial charge in [0.05, 0.1) is 19.8 Å². The summed E-state index contributed by atoms with van der Waals surface area (Å²) in [6.45, 7) is 0.408. The van der Waals surface area contributed by atoms with Gasteiger partial charge in [0.25, 0.3) is 0 Å². The molecule has 2 atom stereocenters. The van der Waals surface area contributed by atoms with Crippen LogP contribution in [0, 0.1) is 11.6 Å². The van der Waals surface area contributed by atoms with Crippen molar-refractivity contribution in [3.05, 3.63) is 35.4 Å². The zero-order valence-corrected chi connectivity index (χ0v) is 11.1. The van der Waals surface area contributed by atoms with E-state index < -0.39 is 23.5 Å². The van der Waals surface area contributed by atoms with Gasteiger partial charge >= 0.3 is 0 Å². The van der Waals surface area contributed by atoms with Gasteiger partial charge in [-0.2, -0.15) is 0 Å². The number of aliphatic imine (C=N–C) groups is 1. The molecule has 1 aromatic carbocycles. The molecule has 114 valence electrons. The minimum Gasteiger partial charge on any atom is -0.394 e.